The molecule has 3 nitrogen and oxygen atoms in total. The lowest BCUT2D eigenvalue weighted by Gasteiger charge is -2.33. The molecule has 2 fully saturated rings. The van der Waals surface area contributed by atoms with E-state index < -0.39 is 0 Å². The van der Waals surface area contributed by atoms with Gasteiger partial charge >= 0.3 is 0 Å². The van der Waals surface area contributed by atoms with Gasteiger partial charge in [-0.1, -0.05) is 24.6 Å². The fourth-order valence-electron chi connectivity index (χ4n) is 3.47. The molecule has 102 valence electrons. The van der Waals surface area contributed by atoms with E-state index in [-0.39, 0.29) is 0 Å². The van der Waals surface area contributed by atoms with Crippen LogP contribution in [0.15, 0.2) is 4.99 Å². The molecule has 0 aromatic heterocycles. The summed E-state index contributed by atoms with van der Waals surface area (Å²) in [6.45, 7) is 0. The van der Waals surface area contributed by atoms with Crippen LogP contribution < -0.4 is 5.32 Å². The number of thioether (sulfide) groups is 1. The third-order valence-electron chi connectivity index (χ3n) is 4.63. The molecule has 1 heterocycles. The third-order valence-corrected chi connectivity index (χ3v) is 5.72. The van der Waals surface area contributed by atoms with E-state index >= 15 is 0 Å². The molecule has 3 aliphatic rings. The predicted octanol–water partition coefficient (Wildman–Crippen LogP) is 2.81. The van der Waals surface area contributed by atoms with Crippen LogP contribution in [0, 0.1) is 5.92 Å². The van der Waals surface area contributed by atoms with Gasteiger partial charge in [-0.25, -0.2) is 0 Å². The average molecular weight is 268 g/mol. The number of amidine groups is 1. The number of ether oxygens (including phenoxy) is 1. The number of fused-ring (bicyclic) bond motifs is 1. The average Bonchev–Trinajstić information content (AvgIpc) is 2.86. The van der Waals surface area contributed by atoms with Crippen molar-refractivity contribution in [3.8, 4) is 0 Å². The number of rotatable bonds is 2. The number of nitrogens with zero attached hydrogens (tertiary/aromatic N) is 1. The van der Waals surface area contributed by atoms with E-state index in [0.29, 0.717) is 18.2 Å². The highest BCUT2D eigenvalue weighted by Crippen LogP contribution is 2.34. The van der Waals surface area contributed by atoms with Gasteiger partial charge in [-0.15, -0.1) is 0 Å². The minimum absolute atomic E-state index is 0.458. The molecule has 0 aromatic carbocycles. The lowest BCUT2D eigenvalue weighted by molar-refractivity contribution is 0.107. The zero-order chi connectivity index (χ0) is 12.4. The van der Waals surface area contributed by atoms with Crippen LogP contribution >= 0.6 is 11.8 Å². The Morgan fingerprint density at radius 2 is 2.11 bits per heavy atom. The van der Waals surface area contributed by atoms with E-state index in [1.807, 2.05) is 18.9 Å². The molecule has 18 heavy (non-hydrogen) atoms. The van der Waals surface area contributed by atoms with Crippen LogP contribution in [0.25, 0.3) is 0 Å². The third kappa shape index (κ3) is 2.85. The van der Waals surface area contributed by atoms with Gasteiger partial charge in [0.25, 0.3) is 0 Å². The Labute approximate surface area is 114 Å². The summed E-state index contributed by atoms with van der Waals surface area (Å²) in [5.41, 5.74) is 0. The molecular weight excluding hydrogens is 244 g/mol. The van der Waals surface area contributed by atoms with Crippen molar-refractivity contribution in [2.45, 2.75) is 63.1 Å². The molecular formula is C14H24N2OS. The standard InChI is InChI=1S/C14H24N2OS/c1-17-12-7-6-11(8-12)15-14-16-13-5-3-2-4-10(13)9-18-14/h10-13H,2-9H2,1H3,(H,15,16). The first-order valence-electron chi connectivity index (χ1n) is 7.35. The molecule has 0 aromatic rings. The van der Waals surface area contributed by atoms with Gasteiger partial charge < -0.3 is 10.1 Å². The summed E-state index contributed by atoms with van der Waals surface area (Å²) in [6, 6.07) is 1.20. The van der Waals surface area contributed by atoms with Gasteiger partial charge in [0.05, 0.1) is 12.1 Å². The minimum atomic E-state index is 0.458. The van der Waals surface area contributed by atoms with Crippen molar-refractivity contribution in [3.63, 3.8) is 0 Å². The second kappa shape index (κ2) is 5.83. The van der Waals surface area contributed by atoms with Gasteiger partial charge in [0, 0.05) is 18.9 Å². The van der Waals surface area contributed by atoms with Crippen LogP contribution in [0.3, 0.4) is 0 Å². The quantitative estimate of drug-likeness (QED) is 0.836. The van der Waals surface area contributed by atoms with E-state index in [0.717, 1.165) is 12.3 Å². The smallest absolute Gasteiger partial charge is 0.157 e. The van der Waals surface area contributed by atoms with Crippen LogP contribution in [-0.2, 0) is 4.74 Å². The van der Waals surface area contributed by atoms with Crippen molar-refractivity contribution in [1.29, 1.82) is 0 Å². The first-order valence-corrected chi connectivity index (χ1v) is 8.33. The van der Waals surface area contributed by atoms with Crippen LogP contribution in [0.4, 0.5) is 0 Å². The van der Waals surface area contributed by atoms with Crippen LogP contribution in [0.2, 0.25) is 0 Å². The van der Waals surface area contributed by atoms with Gasteiger partial charge in [0.15, 0.2) is 5.17 Å². The molecule has 2 aliphatic carbocycles. The Morgan fingerprint density at radius 1 is 1.22 bits per heavy atom. The van der Waals surface area contributed by atoms with E-state index in [1.165, 1.54) is 49.4 Å². The first-order chi connectivity index (χ1) is 8.85. The van der Waals surface area contributed by atoms with Crippen molar-refractivity contribution in [2.24, 2.45) is 10.9 Å². The lowest BCUT2D eigenvalue weighted by atomic mass is 9.86. The number of hydrogen-bond donors (Lipinski definition) is 1. The van der Waals surface area contributed by atoms with Crippen LogP contribution in [0.5, 0.6) is 0 Å². The molecule has 0 spiro atoms. The molecule has 1 aliphatic heterocycles. The van der Waals surface area contributed by atoms with Crippen molar-refractivity contribution in [1.82, 2.24) is 5.32 Å². The molecule has 0 amide bonds. The molecule has 2 saturated carbocycles. The predicted molar refractivity (Wildman–Crippen MR) is 77.2 cm³/mol. The van der Waals surface area contributed by atoms with Crippen LogP contribution in [0.1, 0.15) is 44.9 Å². The zero-order valence-corrected chi connectivity index (χ0v) is 12.0. The van der Waals surface area contributed by atoms with Gasteiger partial charge in [-0.2, -0.15) is 0 Å². The summed E-state index contributed by atoms with van der Waals surface area (Å²) < 4.78 is 5.43. The topological polar surface area (TPSA) is 33.6 Å². The number of nitrogens with one attached hydrogen (secondary N) is 1. The summed E-state index contributed by atoms with van der Waals surface area (Å²) in [4.78, 5) is 4.95. The molecule has 4 heteroatoms. The number of aliphatic imine (C=N–C) groups is 1. The summed E-state index contributed by atoms with van der Waals surface area (Å²) in [7, 11) is 1.83. The zero-order valence-electron chi connectivity index (χ0n) is 11.2. The fourth-order valence-corrected chi connectivity index (χ4v) is 4.69. The van der Waals surface area contributed by atoms with Gasteiger partial charge in [0.2, 0.25) is 0 Å². The summed E-state index contributed by atoms with van der Waals surface area (Å²) in [6.07, 6.45) is 9.51. The van der Waals surface area contributed by atoms with E-state index in [4.69, 9.17) is 9.73 Å². The Bertz CT molecular complexity index is 321. The van der Waals surface area contributed by atoms with Gasteiger partial charge in [-0.05, 0) is 38.0 Å². The highest BCUT2D eigenvalue weighted by Gasteiger charge is 2.31. The molecule has 0 radical (unpaired) electrons. The van der Waals surface area contributed by atoms with Crippen molar-refractivity contribution < 1.29 is 4.74 Å². The normalized spacial score (nSPS) is 40.2. The van der Waals surface area contributed by atoms with Crippen molar-refractivity contribution in [3.05, 3.63) is 0 Å². The monoisotopic (exact) mass is 268 g/mol. The second-order valence-electron chi connectivity index (χ2n) is 5.87. The fraction of sp³-hybridized carbons (Fsp3) is 0.929. The SMILES string of the molecule is COC1CCC(NC2=NC3CCCCC3CS2)C1. The molecule has 3 rings (SSSR count). The van der Waals surface area contributed by atoms with E-state index in [9.17, 15) is 0 Å². The first kappa shape index (κ1) is 12.8. The highest BCUT2D eigenvalue weighted by atomic mass is 32.2. The largest absolute Gasteiger partial charge is 0.381 e. The van der Waals surface area contributed by atoms with E-state index in [2.05, 4.69) is 5.32 Å². The Morgan fingerprint density at radius 3 is 2.94 bits per heavy atom. The maximum absolute atomic E-state index is 5.43. The van der Waals surface area contributed by atoms with Crippen molar-refractivity contribution >= 4 is 16.9 Å². The molecule has 4 atom stereocenters. The minimum Gasteiger partial charge on any atom is -0.381 e. The van der Waals surface area contributed by atoms with Gasteiger partial charge in [0.1, 0.15) is 0 Å². The number of methoxy groups -OCH3 is 1. The Hall–Kier alpha value is -0.220. The molecule has 0 saturated heterocycles. The van der Waals surface area contributed by atoms with E-state index in [1.54, 1.807) is 0 Å². The Balaban J connectivity index is 1.55. The maximum Gasteiger partial charge on any atom is 0.157 e. The summed E-state index contributed by atoms with van der Waals surface area (Å²) in [5, 5.41) is 4.86. The van der Waals surface area contributed by atoms with Crippen molar-refractivity contribution in [2.75, 3.05) is 12.9 Å². The summed E-state index contributed by atoms with van der Waals surface area (Å²) in [5.74, 6) is 2.13. The second-order valence-corrected chi connectivity index (χ2v) is 6.88. The van der Waals surface area contributed by atoms with Crippen LogP contribution in [-0.4, -0.2) is 36.2 Å². The highest BCUT2D eigenvalue weighted by molar-refractivity contribution is 8.13. The lowest BCUT2D eigenvalue weighted by Crippen LogP contribution is -2.38. The Kier molecular flexibility index (Phi) is 4.14. The molecule has 4 unspecified atom stereocenters. The van der Waals surface area contributed by atoms with Gasteiger partial charge in [-0.3, -0.25) is 4.99 Å². The molecule has 0 bridgehead atoms. The molecule has 1 N–H and O–H groups in total. The maximum atomic E-state index is 5.43. The number of hydrogen-bond acceptors (Lipinski definition) is 4. The summed E-state index contributed by atoms with van der Waals surface area (Å²) >= 11 is 1.94.